The summed E-state index contributed by atoms with van der Waals surface area (Å²) >= 11 is 6.13. The highest BCUT2D eigenvalue weighted by Crippen LogP contribution is 2.21. The predicted octanol–water partition coefficient (Wildman–Crippen LogP) is 2.67. The number of hydrogen-bond donors (Lipinski definition) is 1. The van der Waals surface area contributed by atoms with E-state index in [0.29, 0.717) is 28.9 Å². The molecule has 0 aliphatic carbocycles. The summed E-state index contributed by atoms with van der Waals surface area (Å²) in [6, 6.07) is 1.67. The van der Waals surface area contributed by atoms with Gasteiger partial charge in [0, 0.05) is 32.9 Å². The van der Waals surface area contributed by atoms with Gasteiger partial charge in [0.15, 0.2) is 0 Å². The number of anilines is 1. The predicted molar refractivity (Wildman–Crippen MR) is 83.9 cm³/mol. The van der Waals surface area contributed by atoms with Crippen LogP contribution in [-0.2, 0) is 4.74 Å². The first-order valence-corrected chi connectivity index (χ1v) is 7.72. The van der Waals surface area contributed by atoms with E-state index in [1.165, 1.54) is 0 Å². The van der Waals surface area contributed by atoms with E-state index in [4.69, 9.17) is 16.3 Å². The van der Waals surface area contributed by atoms with Crippen LogP contribution >= 0.6 is 11.6 Å². The van der Waals surface area contributed by atoms with Crippen LogP contribution in [0.1, 0.15) is 30.1 Å². The molecule has 0 bridgehead atoms. The first-order chi connectivity index (χ1) is 10.1. The van der Waals surface area contributed by atoms with E-state index in [1.54, 1.807) is 17.2 Å². The maximum atomic E-state index is 12.4. The maximum Gasteiger partial charge on any atom is 0.255 e. The Morgan fingerprint density at radius 3 is 3.05 bits per heavy atom. The Morgan fingerprint density at radius 1 is 1.62 bits per heavy atom. The molecule has 5 nitrogen and oxygen atoms in total. The summed E-state index contributed by atoms with van der Waals surface area (Å²) < 4.78 is 5.45. The Bertz CT molecular complexity index is 490. The molecule has 0 spiro atoms. The number of pyridine rings is 1. The molecule has 1 atom stereocenters. The monoisotopic (exact) mass is 311 g/mol. The summed E-state index contributed by atoms with van der Waals surface area (Å²) in [5, 5.41) is 3.52. The van der Waals surface area contributed by atoms with Crippen molar-refractivity contribution in [2.45, 2.75) is 19.8 Å². The van der Waals surface area contributed by atoms with E-state index in [9.17, 15) is 4.79 Å². The fourth-order valence-corrected chi connectivity index (χ4v) is 2.73. The van der Waals surface area contributed by atoms with Gasteiger partial charge < -0.3 is 15.0 Å². The summed E-state index contributed by atoms with van der Waals surface area (Å²) in [7, 11) is 1.81. The van der Waals surface area contributed by atoms with Crippen molar-refractivity contribution in [3.05, 3.63) is 22.8 Å². The van der Waals surface area contributed by atoms with Gasteiger partial charge in [-0.2, -0.15) is 0 Å². The van der Waals surface area contributed by atoms with Gasteiger partial charge in [-0.1, -0.05) is 11.6 Å². The lowest BCUT2D eigenvalue weighted by Crippen LogP contribution is -2.35. The van der Waals surface area contributed by atoms with E-state index in [2.05, 4.69) is 10.3 Å². The molecule has 6 heteroatoms. The standard InChI is InChI=1S/C15H22ClN3O2/c1-3-17-14-13(16)7-12(8-18-14)15(20)19(2)9-11-5-4-6-21-10-11/h7-8,11H,3-6,9-10H2,1-2H3,(H,17,18). The van der Waals surface area contributed by atoms with Crippen LogP contribution in [0.5, 0.6) is 0 Å². The van der Waals surface area contributed by atoms with Gasteiger partial charge in [-0.15, -0.1) is 0 Å². The minimum absolute atomic E-state index is 0.0574. The molecule has 1 N–H and O–H groups in total. The Balaban J connectivity index is 1.99. The molecule has 1 aliphatic rings. The zero-order valence-corrected chi connectivity index (χ0v) is 13.3. The van der Waals surface area contributed by atoms with Crippen LogP contribution in [0.2, 0.25) is 5.02 Å². The third kappa shape index (κ3) is 4.32. The highest BCUT2D eigenvalue weighted by atomic mass is 35.5. The van der Waals surface area contributed by atoms with Crippen molar-refractivity contribution in [2.75, 3.05) is 38.7 Å². The number of aromatic nitrogens is 1. The molecule has 0 radical (unpaired) electrons. The number of halogens is 1. The average Bonchev–Trinajstić information content (AvgIpc) is 2.49. The van der Waals surface area contributed by atoms with Gasteiger partial charge in [0.05, 0.1) is 17.2 Å². The number of rotatable bonds is 5. The summed E-state index contributed by atoms with van der Waals surface area (Å²) in [5.41, 5.74) is 0.515. The Hall–Kier alpha value is -1.33. The molecule has 1 fully saturated rings. The van der Waals surface area contributed by atoms with Crippen LogP contribution in [0.3, 0.4) is 0 Å². The second-order valence-corrected chi connectivity index (χ2v) is 5.76. The molecule has 1 aliphatic heterocycles. The minimum atomic E-state index is -0.0574. The van der Waals surface area contributed by atoms with E-state index in [0.717, 1.165) is 32.6 Å². The maximum absolute atomic E-state index is 12.4. The first kappa shape index (κ1) is 16.0. The fraction of sp³-hybridized carbons (Fsp3) is 0.600. The molecule has 1 aromatic rings. The second kappa shape index (κ2) is 7.61. The Morgan fingerprint density at radius 2 is 2.43 bits per heavy atom. The van der Waals surface area contributed by atoms with Crippen LogP contribution < -0.4 is 5.32 Å². The van der Waals surface area contributed by atoms with Crippen LogP contribution in [0.15, 0.2) is 12.3 Å². The largest absolute Gasteiger partial charge is 0.381 e. The SMILES string of the molecule is CCNc1ncc(C(=O)N(C)CC2CCCOC2)cc1Cl. The van der Waals surface area contributed by atoms with Gasteiger partial charge in [0.25, 0.3) is 5.91 Å². The van der Waals surface area contributed by atoms with E-state index < -0.39 is 0 Å². The lowest BCUT2D eigenvalue weighted by molar-refractivity contribution is 0.0388. The van der Waals surface area contributed by atoms with Crippen LogP contribution in [0, 0.1) is 5.92 Å². The molecule has 1 unspecified atom stereocenters. The van der Waals surface area contributed by atoms with Crippen molar-refractivity contribution in [3.63, 3.8) is 0 Å². The first-order valence-electron chi connectivity index (χ1n) is 7.34. The topological polar surface area (TPSA) is 54.5 Å². The van der Waals surface area contributed by atoms with Crippen molar-refractivity contribution in [1.29, 1.82) is 0 Å². The smallest absolute Gasteiger partial charge is 0.255 e. The fourth-order valence-electron chi connectivity index (χ4n) is 2.49. The molecule has 1 aromatic heterocycles. The molecule has 0 saturated carbocycles. The highest BCUT2D eigenvalue weighted by Gasteiger charge is 2.20. The number of nitrogens with zero attached hydrogens (tertiary/aromatic N) is 2. The van der Waals surface area contributed by atoms with Crippen molar-refractivity contribution in [2.24, 2.45) is 5.92 Å². The number of nitrogens with one attached hydrogen (secondary N) is 1. The molecule has 1 saturated heterocycles. The quantitative estimate of drug-likeness (QED) is 0.908. The van der Waals surface area contributed by atoms with Gasteiger partial charge >= 0.3 is 0 Å². The normalized spacial score (nSPS) is 18.3. The van der Waals surface area contributed by atoms with Crippen molar-refractivity contribution in [3.8, 4) is 0 Å². The van der Waals surface area contributed by atoms with Crippen LogP contribution in [-0.4, -0.2) is 49.1 Å². The van der Waals surface area contributed by atoms with Crippen molar-refractivity contribution in [1.82, 2.24) is 9.88 Å². The summed E-state index contributed by atoms with van der Waals surface area (Å²) in [4.78, 5) is 18.3. The van der Waals surface area contributed by atoms with E-state index >= 15 is 0 Å². The molecule has 2 rings (SSSR count). The lowest BCUT2D eigenvalue weighted by Gasteiger charge is -2.27. The molecule has 0 aromatic carbocycles. The van der Waals surface area contributed by atoms with Gasteiger partial charge in [0.1, 0.15) is 5.82 Å². The summed E-state index contributed by atoms with van der Waals surface area (Å²) in [6.45, 7) is 4.97. The molecule has 2 heterocycles. The number of carbonyl (C=O) groups is 1. The number of carbonyl (C=O) groups excluding carboxylic acids is 1. The van der Waals surface area contributed by atoms with Gasteiger partial charge in [-0.3, -0.25) is 4.79 Å². The number of amides is 1. The lowest BCUT2D eigenvalue weighted by atomic mass is 10.0. The van der Waals surface area contributed by atoms with Gasteiger partial charge in [0.2, 0.25) is 0 Å². The van der Waals surface area contributed by atoms with Crippen LogP contribution in [0.4, 0.5) is 5.82 Å². The molecule has 1 amide bonds. The zero-order valence-electron chi connectivity index (χ0n) is 12.6. The van der Waals surface area contributed by atoms with Gasteiger partial charge in [-0.25, -0.2) is 4.98 Å². The van der Waals surface area contributed by atoms with Crippen molar-refractivity contribution < 1.29 is 9.53 Å². The molecular weight excluding hydrogens is 290 g/mol. The third-order valence-corrected chi connectivity index (χ3v) is 3.85. The minimum Gasteiger partial charge on any atom is -0.381 e. The third-order valence-electron chi connectivity index (χ3n) is 3.57. The second-order valence-electron chi connectivity index (χ2n) is 5.35. The highest BCUT2D eigenvalue weighted by molar-refractivity contribution is 6.33. The number of ether oxygens (including phenoxy) is 1. The molecule has 116 valence electrons. The summed E-state index contributed by atoms with van der Waals surface area (Å²) in [5.74, 6) is 0.967. The molecule has 21 heavy (non-hydrogen) atoms. The average molecular weight is 312 g/mol. The Kier molecular flexibility index (Phi) is 5.82. The van der Waals surface area contributed by atoms with Crippen LogP contribution in [0.25, 0.3) is 0 Å². The zero-order chi connectivity index (χ0) is 15.2. The van der Waals surface area contributed by atoms with E-state index in [1.807, 2.05) is 14.0 Å². The summed E-state index contributed by atoms with van der Waals surface area (Å²) in [6.07, 6.45) is 3.74. The number of hydrogen-bond acceptors (Lipinski definition) is 4. The molecular formula is C15H22ClN3O2. The van der Waals surface area contributed by atoms with Gasteiger partial charge in [-0.05, 0) is 31.7 Å². The van der Waals surface area contributed by atoms with E-state index in [-0.39, 0.29) is 5.91 Å². The van der Waals surface area contributed by atoms with Crippen molar-refractivity contribution >= 4 is 23.3 Å². The Labute approximate surface area is 130 Å².